The first-order valence-corrected chi connectivity index (χ1v) is 10.2. The van der Waals surface area contributed by atoms with Crippen LogP contribution >= 0.6 is 0 Å². The molecule has 0 bridgehead atoms. The summed E-state index contributed by atoms with van der Waals surface area (Å²) in [4.78, 5) is 26.7. The number of aromatic nitrogens is 2. The van der Waals surface area contributed by atoms with Crippen LogP contribution in [0.2, 0.25) is 0 Å². The number of amides is 1. The van der Waals surface area contributed by atoms with Crippen LogP contribution in [-0.4, -0.2) is 60.9 Å². The molecule has 0 saturated carbocycles. The molecule has 11 nitrogen and oxygen atoms in total. The van der Waals surface area contributed by atoms with Gasteiger partial charge in [-0.3, -0.25) is 4.79 Å². The Morgan fingerprint density at radius 3 is 2.52 bits per heavy atom. The van der Waals surface area contributed by atoms with E-state index < -0.39 is 12.0 Å². The van der Waals surface area contributed by atoms with E-state index in [0.29, 0.717) is 42.2 Å². The van der Waals surface area contributed by atoms with Crippen molar-refractivity contribution in [2.45, 2.75) is 25.5 Å². The number of benzene rings is 1. The second kappa shape index (κ2) is 9.63. The van der Waals surface area contributed by atoms with E-state index in [1.807, 2.05) is 0 Å². The number of hydrogen-bond acceptors (Lipinski definition) is 10. The third kappa shape index (κ3) is 4.47. The summed E-state index contributed by atoms with van der Waals surface area (Å²) in [6, 6.07) is 5.83. The molecule has 33 heavy (non-hydrogen) atoms. The Labute approximate surface area is 189 Å². The van der Waals surface area contributed by atoms with Gasteiger partial charge in [0.15, 0.2) is 23.9 Å². The van der Waals surface area contributed by atoms with Gasteiger partial charge in [-0.2, -0.15) is 0 Å². The molecule has 1 aliphatic heterocycles. The molecule has 1 aliphatic rings. The monoisotopic (exact) mass is 457 g/mol. The van der Waals surface area contributed by atoms with Crippen LogP contribution in [0.1, 0.15) is 29.3 Å². The van der Waals surface area contributed by atoms with E-state index in [2.05, 4.69) is 10.2 Å². The highest BCUT2D eigenvalue weighted by molar-refractivity contribution is 5.94. The fourth-order valence-corrected chi connectivity index (χ4v) is 3.66. The highest BCUT2D eigenvalue weighted by atomic mass is 16.5. The highest BCUT2D eigenvalue weighted by Crippen LogP contribution is 2.40. The van der Waals surface area contributed by atoms with Crippen molar-refractivity contribution in [3.8, 4) is 28.7 Å². The number of furan rings is 1. The largest absolute Gasteiger partial charge is 0.493 e. The Hall–Kier alpha value is -4.02. The Morgan fingerprint density at radius 1 is 1.12 bits per heavy atom. The quantitative estimate of drug-likeness (QED) is 0.466. The Balaban J connectivity index is 1.43. The number of carbonyl (C=O) groups is 2. The lowest BCUT2D eigenvalue weighted by Gasteiger charge is -2.21. The SMILES string of the molecule is COc1cc(-c2nnc(COC(=O)C3CCCN3C(=O)c3ccco3)o2)cc(OC)c1OC. The highest BCUT2D eigenvalue weighted by Gasteiger charge is 2.36. The molecule has 1 amide bonds. The van der Waals surface area contributed by atoms with Gasteiger partial charge in [0.25, 0.3) is 11.8 Å². The predicted octanol–water partition coefficient (Wildman–Crippen LogP) is 2.70. The summed E-state index contributed by atoms with van der Waals surface area (Å²) >= 11 is 0. The molecule has 4 rings (SSSR count). The van der Waals surface area contributed by atoms with Gasteiger partial charge in [-0.05, 0) is 37.1 Å². The van der Waals surface area contributed by atoms with Crippen molar-refractivity contribution in [3.05, 3.63) is 42.2 Å². The van der Waals surface area contributed by atoms with E-state index in [4.69, 9.17) is 27.8 Å². The molecule has 3 heterocycles. The first-order valence-electron chi connectivity index (χ1n) is 10.2. The standard InChI is InChI=1S/C22H23N3O8/c1-28-16-10-13(11-17(29-2)19(16)30-3)20-24-23-18(33-20)12-32-22(27)14-6-4-8-25(14)21(26)15-7-5-9-31-15/h5,7,9-11,14H,4,6,8,12H2,1-3H3. The first-order chi connectivity index (χ1) is 16.0. The van der Waals surface area contributed by atoms with E-state index in [1.165, 1.54) is 32.5 Å². The molecule has 11 heteroatoms. The summed E-state index contributed by atoms with van der Waals surface area (Å²) < 4.78 is 32.1. The average Bonchev–Trinajstić information content (AvgIpc) is 3.62. The van der Waals surface area contributed by atoms with Crippen LogP contribution in [0.3, 0.4) is 0 Å². The lowest BCUT2D eigenvalue weighted by Crippen LogP contribution is -2.41. The maximum absolute atomic E-state index is 12.6. The van der Waals surface area contributed by atoms with Crippen molar-refractivity contribution < 1.29 is 37.4 Å². The van der Waals surface area contributed by atoms with Gasteiger partial charge in [-0.1, -0.05) is 0 Å². The molecule has 174 valence electrons. The number of hydrogen-bond donors (Lipinski definition) is 0. The van der Waals surface area contributed by atoms with Crippen LogP contribution in [0.15, 0.2) is 39.4 Å². The topological polar surface area (TPSA) is 126 Å². The van der Waals surface area contributed by atoms with Gasteiger partial charge < -0.3 is 32.7 Å². The molecule has 1 saturated heterocycles. The zero-order valence-electron chi connectivity index (χ0n) is 18.4. The Morgan fingerprint density at radius 2 is 1.88 bits per heavy atom. The molecule has 1 unspecified atom stereocenters. The molecule has 0 spiro atoms. The van der Waals surface area contributed by atoms with Crippen molar-refractivity contribution in [3.63, 3.8) is 0 Å². The van der Waals surface area contributed by atoms with Crippen molar-refractivity contribution in [1.29, 1.82) is 0 Å². The van der Waals surface area contributed by atoms with E-state index in [-0.39, 0.29) is 30.1 Å². The zero-order chi connectivity index (χ0) is 23.4. The predicted molar refractivity (Wildman–Crippen MR) is 112 cm³/mol. The van der Waals surface area contributed by atoms with E-state index in [9.17, 15) is 9.59 Å². The van der Waals surface area contributed by atoms with Crippen LogP contribution in [0.25, 0.3) is 11.5 Å². The summed E-state index contributed by atoms with van der Waals surface area (Å²) in [6.45, 7) is 0.223. The number of likely N-dealkylation sites (tertiary alicyclic amines) is 1. The molecule has 0 aliphatic carbocycles. The van der Waals surface area contributed by atoms with E-state index in [0.717, 1.165) is 0 Å². The zero-order valence-corrected chi connectivity index (χ0v) is 18.4. The third-order valence-electron chi connectivity index (χ3n) is 5.23. The minimum atomic E-state index is -0.694. The minimum absolute atomic E-state index is 0.106. The number of rotatable bonds is 8. The molecule has 0 N–H and O–H groups in total. The van der Waals surface area contributed by atoms with Crippen molar-refractivity contribution >= 4 is 11.9 Å². The van der Waals surface area contributed by atoms with E-state index in [1.54, 1.807) is 24.3 Å². The van der Waals surface area contributed by atoms with Gasteiger partial charge in [-0.15, -0.1) is 10.2 Å². The Bertz CT molecular complexity index is 1100. The molecule has 1 atom stereocenters. The van der Waals surface area contributed by atoms with Gasteiger partial charge in [0.1, 0.15) is 6.04 Å². The average molecular weight is 457 g/mol. The maximum Gasteiger partial charge on any atom is 0.329 e. The molecule has 1 fully saturated rings. The lowest BCUT2D eigenvalue weighted by atomic mass is 10.2. The molecule has 2 aromatic heterocycles. The van der Waals surface area contributed by atoms with Gasteiger partial charge >= 0.3 is 5.97 Å². The molecular weight excluding hydrogens is 434 g/mol. The summed E-state index contributed by atoms with van der Waals surface area (Å²) in [5.41, 5.74) is 0.542. The van der Waals surface area contributed by atoms with Crippen molar-refractivity contribution in [1.82, 2.24) is 15.1 Å². The van der Waals surface area contributed by atoms with Gasteiger partial charge in [0, 0.05) is 12.1 Å². The number of carbonyl (C=O) groups excluding carboxylic acids is 2. The summed E-state index contributed by atoms with van der Waals surface area (Å²) in [7, 11) is 4.51. The van der Waals surface area contributed by atoms with Gasteiger partial charge in [0.2, 0.25) is 11.6 Å². The van der Waals surface area contributed by atoms with Crippen LogP contribution in [0.5, 0.6) is 17.2 Å². The third-order valence-corrected chi connectivity index (χ3v) is 5.23. The van der Waals surface area contributed by atoms with E-state index >= 15 is 0 Å². The molecule has 0 radical (unpaired) electrons. The first kappa shape index (κ1) is 22.2. The normalized spacial score (nSPS) is 15.4. The second-order valence-corrected chi connectivity index (χ2v) is 7.16. The van der Waals surface area contributed by atoms with Crippen molar-refractivity contribution in [2.75, 3.05) is 27.9 Å². The van der Waals surface area contributed by atoms with Crippen LogP contribution < -0.4 is 14.2 Å². The fourth-order valence-electron chi connectivity index (χ4n) is 3.66. The van der Waals surface area contributed by atoms with Gasteiger partial charge in [-0.25, -0.2) is 4.79 Å². The van der Waals surface area contributed by atoms with Gasteiger partial charge in [0.05, 0.1) is 27.6 Å². The van der Waals surface area contributed by atoms with Crippen LogP contribution in [-0.2, 0) is 16.1 Å². The smallest absolute Gasteiger partial charge is 0.329 e. The minimum Gasteiger partial charge on any atom is -0.493 e. The number of methoxy groups -OCH3 is 3. The number of esters is 1. The van der Waals surface area contributed by atoms with Crippen molar-refractivity contribution in [2.24, 2.45) is 0 Å². The Kier molecular flexibility index (Phi) is 6.48. The summed E-state index contributed by atoms with van der Waals surface area (Å²) in [5, 5.41) is 7.95. The molecule has 3 aromatic rings. The number of nitrogens with zero attached hydrogens (tertiary/aromatic N) is 3. The second-order valence-electron chi connectivity index (χ2n) is 7.16. The maximum atomic E-state index is 12.6. The summed E-state index contributed by atoms with van der Waals surface area (Å²) in [5.74, 6) is 0.886. The fraction of sp³-hybridized carbons (Fsp3) is 0.364. The van der Waals surface area contributed by atoms with Crippen LogP contribution in [0.4, 0.5) is 0 Å². The summed E-state index contributed by atoms with van der Waals surface area (Å²) in [6.07, 6.45) is 2.61. The molecule has 1 aromatic carbocycles. The molecular formula is C22H23N3O8. The number of ether oxygens (including phenoxy) is 4. The lowest BCUT2D eigenvalue weighted by molar-refractivity contribution is -0.150. The van der Waals surface area contributed by atoms with Crippen LogP contribution in [0, 0.1) is 0 Å².